The molecule has 1 aliphatic heterocycles. The normalized spacial score (nSPS) is 22.5. The van der Waals surface area contributed by atoms with Gasteiger partial charge in [0.05, 0.1) is 23.0 Å². The van der Waals surface area contributed by atoms with E-state index in [1.807, 2.05) is 0 Å². The van der Waals surface area contributed by atoms with Crippen molar-refractivity contribution in [3.63, 3.8) is 0 Å². The number of hydrogen-bond acceptors (Lipinski definition) is 7. The number of alkyl halides is 6. The van der Waals surface area contributed by atoms with Gasteiger partial charge in [0, 0.05) is 0 Å². The molecule has 2 aromatic heterocycles. The van der Waals surface area contributed by atoms with Gasteiger partial charge in [-0.05, 0) is 25.3 Å². The van der Waals surface area contributed by atoms with Gasteiger partial charge in [-0.25, -0.2) is 9.78 Å². The number of aliphatic hydroxyl groups excluding tert-OH is 1. The maximum atomic E-state index is 13.6. The Morgan fingerprint density at radius 1 is 1.12 bits per heavy atom. The molecule has 2 aromatic rings. The number of carbonyl (C=O) groups is 1. The molecule has 0 spiro atoms. The third-order valence-electron chi connectivity index (χ3n) is 5.13. The second-order valence-corrected chi connectivity index (χ2v) is 7.48. The van der Waals surface area contributed by atoms with E-state index in [9.17, 15) is 41.4 Å². The molecule has 4 N–H and O–H groups in total. The van der Waals surface area contributed by atoms with E-state index in [1.54, 1.807) is 5.32 Å². The number of aromatic nitrogens is 3. The molecule has 2 atom stereocenters. The van der Waals surface area contributed by atoms with E-state index < -0.39 is 71.0 Å². The van der Waals surface area contributed by atoms with Crippen LogP contribution in [0, 0.1) is 0 Å². The summed E-state index contributed by atoms with van der Waals surface area (Å²) in [5, 5.41) is 37.9. The zero-order chi connectivity index (χ0) is 24.6. The van der Waals surface area contributed by atoms with Gasteiger partial charge in [0.15, 0.2) is 5.69 Å². The van der Waals surface area contributed by atoms with Crippen LogP contribution < -0.4 is 5.32 Å². The number of hydrogen-bond donors (Lipinski definition) is 4. The summed E-state index contributed by atoms with van der Waals surface area (Å²) in [6.07, 6.45) is -14.3. The van der Waals surface area contributed by atoms with Crippen molar-refractivity contribution < 1.29 is 50.9 Å². The van der Waals surface area contributed by atoms with Crippen molar-refractivity contribution in [2.45, 2.75) is 62.6 Å². The molecule has 9 nitrogen and oxygen atoms in total. The van der Waals surface area contributed by atoms with Crippen molar-refractivity contribution in [2.24, 2.45) is 0 Å². The van der Waals surface area contributed by atoms with Crippen molar-refractivity contribution in [3.8, 4) is 11.6 Å². The van der Waals surface area contributed by atoms with Crippen molar-refractivity contribution in [3.05, 3.63) is 23.2 Å². The molecule has 3 rings (SSSR count). The molecule has 0 aliphatic carbocycles. The van der Waals surface area contributed by atoms with Gasteiger partial charge in [-0.2, -0.15) is 26.3 Å². The zero-order valence-electron chi connectivity index (χ0n) is 16.7. The van der Waals surface area contributed by atoms with Gasteiger partial charge in [0.25, 0.3) is 11.8 Å². The quantitative estimate of drug-likeness (QED) is 0.437. The summed E-state index contributed by atoms with van der Waals surface area (Å²) < 4.78 is 86.7. The minimum absolute atomic E-state index is 0.132. The van der Waals surface area contributed by atoms with E-state index in [0.29, 0.717) is 6.07 Å². The number of nitrogens with one attached hydrogen (secondary N) is 1. The standard InChI is InChI=1S/C18H18F6N4O5/c19-17(20,21)8-7-9(25-15(30)31)12-13-27-28-14(33-13)16(32,18(22,23)24)6-4-2-1-3-5-10(29)11(8)26-12/h7,10,25,29,32H,1-6H2,(H,30,31). The fourth-order valence-corrected chi connectivity index (χ4v) is 3.45. The van der Waals surface area contributed by atoms with E-state index in [-0.39, 0.29) is 32.1 Å². The highest BCUT2D eigenvalue weighted by Gasteiger charge is 2.58. The lowest BCUT2D eigenvalue weighted by atomic mass is 9.94. The highest BCUT2D eigenvalue weighted by Crippen LogP contribution is 2.44. The smallest absolute Gasteiger partial charge is 0.426 e. The van der Waals surface area contributed by atoms with Crippen LogP contribution in [0.4, 0.5) is 36.8 Å². The summed E-state index contributed by atoms with van der Waals surface area (Å²) in [6.45, 7) is 0. The Morgan fingerprint density at radius 2 is 1.79 bits per heavy atom. The van der Waals surface area contributed by atoms with Crippen molar-refractivity contribution in [1.29, 1.82) is 0 Å². The molecule has 1 amide bonds. The van der Waals surface area contributed by atoms with Crippen molar-refractivity contribution in [2.75, 3.05) is 5.32 Å². The van der Waals surface area contributed by atoms with Crippen LogP contribution in [0.15, 0.2) is 10.5 Å². The van der Waals surface area contributed by atoms with Gasteiger partial charge in [-0.3, -0.25) is 5.32 Å². The maximum absolute atomic E-state index is 13.6. The SMILES string of the molecule is O=C(O)Nc1cc(C(F)(F)F)c2nc1-c1nnc(o1)C(O)(C(F)(F)F)CCCCCCC2O. The Hall–Kier alpha value is -2.94. The largest absolute Gasteiger partial charge is 0.465 e. The molecule has 4 bridgehead atoms. The van der Waals surface area contributed by atoms with Gasteiger partial charge in [-0.1, -0.05) is 19.3 Å². The van der Waals surface area contributed by atoms with E-state index in [2.05, 4.69) is 15.2 Å². The molecular formula is C18H18F6N4O5. The second kappa shape index (κ2) is 8.78. The van der Waals surface area contributed by atoms with Crippen LogP contribution in [-0.2, 0) is 11.8 Å². The summed E-state index contributed by atoms with van der Waals surface area (Å²) in [5.74, 6) is -2.15. The third kappa shape index (κ3) is 5.03. The molecule has 15 heteroatoms. The number of halogens is 6. The van der Waals surface area contributed by atoms with Crippen LogP contribution >= 0.6 is 0 Å². The Balaban J connectivity index is 2.26. The van der Waals surface area contributed by atoms with E-state index >= 15 is 0 Å². The second-order valence-electron chi connectivity index (χ2n) is 7.48. The zero-order valence-corrected chi connectivity index (χ0v) is 16.7. The third-order valence-corrected chi connectivity index (χ3v) is 5.13. The summed E-state index contributed by atoms with van der Waals surface area (Å²) in [5.41, 5.74) is -7.40. The topological polar surface area (TPSA) is 142 Å². The fraction of sp³-hybridized carbons (Fsp3) is 0.556. The number of aliphatic hydroxyl groups is 2. The van der Waals surface area contributed by atoms with Gasteiger partial charge < -0.3 is 19.7 Å². The number of fused-ring (bicyclic) bond motifs is 5. The van der Waals surface area contributed by atoms with Crippen LogP contribution in [0.1, 0.15) is 61.8 Å². The predicted molar refractivity (Wildman–Crippen MR) is 96.8 cm³/mol. The molecule has 0 fully saturated rings. The van der Waals surface area contributed by atoms with Gasteiger partial charge in [-0.15, -0.1) is 10.2 Å². The predicted octanol–water partition coefficient (Wildman–Crippen LogP) is 4.38. The lowest BCUT2D eigenvalue weighted by molar-refractivity contribution is -0.277. The molecule has 0 saturated carbocycles. The number of pyridine rings is 1. The lowest BCUT2D eigenvalue weighted by Gasteiger charge is -2.27. The number of amides is 1. The first-order valence-electron chi connectivity index (χ1n) is 9.67. The van der Waals surface area contributed by atoms with Gasteiger partial charge >= 0.3 is 18.4 Å². The molecule has 182 valence electrons. The Bertz CT molecular complexity index is 1020. The van der Waals surface area contributed by atoms with Gasteiger partial charge in [0.1, 0.15) is 0 Å². The fourth-order valence-electron chi connectivity index (χ4n) is 3.45. The molecule has 2 unspecified atom stereocenters. The highest BCUT2D eigenvalue weighted by molar-refractivity contribution is 5.88. The Labute approximate surface area is 181 Å². The average Bonchev–Trinajstić information content (AvgIpc) is 3.17. The first kappa shape index (κ1) is 24.7. The number of carboxylic acid groups (broad SMARTS) is 1. The molecule has 0 aromatic carbocycles. The first-order valence-corrected chi connectivity index (χ1v) is 9.67. The van der Waals surface area contributed by atoms with E-state index in [4.69, 9.17) is 9.52 Å². The number of nitrogens with zero attached hydrogens (tertiary/aromatic N) is 3. The van der Waals surface area contributed by atoms with E-state index in [0.717, 1.165) is 0 Å². The van der Waals surface area contributed by atoms with Crippen molar-refractivity contribution in [1.82, 2.24) is 15.2 Å². The maximum Gasteiger partial charge on any atom is 0.426 e. The molecule has 1 aliphatic rings. The van der Waals surface area contributed by atoms with Crippen LogP contribution in [0.2, 0.25) is 0 Å². The van der Waals surface area contributed by atoms with Crippen LogP contribution in [0.3, 0.4) is 0 Å². The molecule has 33 heavy (non-hydrogen) atoms. The minimum atomic E-state index is -5.22. The van der Waals surface area contributed by atoms with Crippen LogP contribution in [0.25, 0.3) is 11.6 Å². The summed E-state index contributed by atoms with van der Waals surface area (Å²) >= 11 is 0. The summed E-state index contributed by atoms with van der Waals surface area (Å²) in [7, 11) is 0. The number of anilines is 1. The van der Waals surface area contributed by atoms with E-state index in [1.165, 1.54) is 0 Å². The Morgan fingerprint density at radius 3 is 2.39 bits per heavy atom. The number of rotatable bonds is 1. The minimum Gasteiger partial charge on any atom is -0.465 e. The molecule has 0 saturated heterocycles. The van der Waals surface area contributed by atoms with Gasteiger partial charge in [0.2, 0.25) is 5.60 Å². The summed E-state index contributed by atoms with van der Waals surface area (Å²) in [4.78, 5) is 14.8. The average molecular weight is 484 g/mol. The molecule has 0 radical (unpaired) electrons. The van der Waals surface area contributed by atoms with Crippen molar-refractivity contribution >= 4 is 11.8 Å². The van der Waals surface area contributed by atoms with Crippen LogP contribution in [0.5, 0.6) is 0 Å². The lowest BCUT2D eigenvalue weighted by Crippen LogP contribution is -2.42. The van der Waals surface area contributed by atoms with Crippen LogP contribution in [-0.4, -0.2) is 42.8 Å². The first-order chi connectivity index (χ1) is 15.2. The highest BCUT2D eigenvalue weighted by atomic mass is 19.4. The molecule has 3 heterocycles. The summed E-state index contributed by atoms with van der Waals surface area (Å²) in [6, 6.07) is 0.334. The monoisotopic (exact) mass is 484 g/mol. The Kier molecular flexibility index (Phi) is 6.57. The molecular weight excluding hydrogens is 466 g/mol.